The third kappa shape index (κ3) is 4.87. The molecule has 0 radical (unpaired) electrons. The molecule has 0 amide bonds. The monoisotopic (exact) mass is 284 g/mol. The van der Waals surface area contributed by atoms with Gasteiger partial charge in [0, 0.05) is 12.7 Å². The van der Waals surface area contributed by atoms with Gasteiger partial charge in [0.1, 0.15) is 11.9 Å². The minimum absolute atomic E-state index is 0.00662. The molecule has 3 nitrogen and oxygen atoms in total. The van der Waals surface area contributed by atoms with Gasteiger partial charge in [-0.3, -0.25) is 4.98 Å². The van der Waals surface area contributed by atoms with Gasteiger partial charge in [-0.2, -0.15) is 0 Å². The average Bonchev–Trinajstić information content (AvgIpc) is 2.49. The molecule has 3 heteroatoms. The van der Waals surface area contributed by atoms with Crippen LogP contribution in [0.3, 0.4) is 0 Å². The van der Waals surface area contributed by atoms with E-state index in [4.69, 9.17) is 4.74 Å². The second-order valence-electron chi connectivity index (χ2n) is 5.66. The minimum atomic E-state index is -0.00662. The van der Waals surface area contributed by atoms with E-state index in [0.717, 1.165) is 24.5 Å². The summed E-state index contributed by atoms with van der Waals surface area (Å²) in [5.74, 6) is 1.47. The molecule has 2 rings (SSSR count). The lowest BCUT2D eigenvalue weighted by atomic mass is 10.1. The van der Waals surface area contributed by atoms with E-state index in [1.165, 1.54) is 5.56 Å². The summed E-state index contributed by atoms with van der Waals surface area (Å²) in [6, 6.07) is 14.2. The molecule has 1 unspecified atom stereocenters. The van der Waals surface area contributed by atoms with Crippen LogP contribution >= 0.6 is 0 Å². The second kappa shape index (κ2) is 7.79. The molecule has 1 aromatic heterocycles. The zero-order valence-corrected chi connectivity index (χ0v) is 13.0. The fraction of sp³-hybridized carbons (Fsp3) is 0.389. The first kappa shape index (κ1) is 15.5. The van der Waals surface area contributed by atoms with Crippen molar-refractivity contribution in [1.82, 2.24) is 10.3 Å². The van der Waals surface area contributed by atoms with E-state index in [1.807, 2.05) is 37.3 Å². The van der Waals surface area contributed by atoms with Crippen molar-refractivity contribution < 1.29 is 4.74 Å². The van der Waals surface area contributed by atoms with E-state index in [0.29, 0.717) is 5.92 Å². The number of nitrogens with zero attached hydrogens (tertiary/aromatic N) is 1. The van der Waals surface area contributed by atoms with Crippen molar-refractivity contribution in [3.8, 4) is 5.75 Å². The Bertz CT molecular complexity index is 540. The average molecular weight is 284 g/mol. The number of aryl methyl sites for hydroxylation is 1. The van der Waals surface area contributed by atoms with Crippen LogP contribution in [0.25, 0.3) is 0 Å². The van der Waals surface area contributed by atoms with Gasteiger partial charge in [0.2, 0.25) is 0 Å². The Morgan fingerprint density at radius 3 is 2.48 bits per heavy atom. The molecule has 112 valence electrons. The lowest BCUT2D eigenvalue weighted by Gasteiger charge is -2.21. The first-order valence-corrected chi connectivity index (χ1v) is 7.50. The SMILES string of the molecule is Cc1ncccc1OC(CNCC(C)C)c1ccccc1. The van der Waals surface area contributed by atoms with Crippen LogP contribution in [0.2, 0.25) is 0 Å². The van der Waals surface area contributed by atoms with E-state index in [1.54, 1.807) is 6.20 Å². The topological polar surface area (TPSA) is 34.1 Å². The summed E-state index contributed by atoms with van der Waals surface area (Å²) in [5, 5.41) is 3.48. The first-order chi connectivity index (χ1) is 10.2. The molecule has 21 heavy (non-hydrogen) atoms. The Hall–Kier alpha value is -1.87. The third-order valence-corrected chi connectivity index (χ3v) is 3.28. The predicted molar refractivity (Wildman–Crippen MR) is 86.5 cm³/mol. The molecular formula is C18H24N2O. The molecule has 1 atom stereocenters. The number of nitrogens with one attached hydrogen (secondary N) is 1. The van der Waals surface area contributed by atoms with Gasteiger partial charge in [0.25, 0.3) is 0 Å². The van der Waals surface area contributed by atoms with Gasteiger partial charge in [-0.25, -0.2) is 0 Å². The Kier molecular flexibility index (Phi) is 5.76. The number of benzene rings is 1. The van der Waals surface area contributed by atoms with Gasteiger partial charge in [0.15, 0.2) is 0 Å². The number of pyridine rings is 1. The van der Waals surface area contributed by atoms with Crippen LogP contribution in [-0.2, 0) is 0 Å². The maximum absolute atomic E-state index is 6.19. The van der Waals surface area contributed by atoms with Crippen LogP contribution in [-0.4, -0.2) is 18.1 Å². The summed E-state index contributed by atoms with van der Waals surface area (Å²) in [4.78, 5) is 4.29. The Morgan fingerprint density at radius 2 is 1.81 bits per heavy atom. The molecule has 1 heterocycles. The van der Waals surface area contributed by atoms with E-state index >= 15 is 0 Å². The molecule has 0 bridgehead atoms. The molecule has 0 aliphatic rings. The fourth-order valence-corrected chi connectivity index (χ4v) is 2.15. The van der Waals surface area contributed by atoms with Crippen LogP contribution in [0.4, 0.5) is 0 Å². The number of rotatable bonds is 7. The Labute approximate surface area is 127 Å². The largest absolute Gasteiger partial charge is 0.482 e. The van der Waals surface area contributed by atoms with Crippen LogP contribution in [0.5, 0.6) is 5.75 Å². The standard InChI is InChI=1S/C18H24N2O/c1-14(2)12-19-13-18(16-8-5-4-6-9-16)21-17-10-7-11-20-15(17)3/h4-11,14,18-19H,12-13H2,1-3H3. The number of aromatic nitrogens is 1. The summed E-state index contributed by atoms with van der Waals surface area (Å²) in [7, 11) is 0. The van der Waals surface area contributed by atoms with Crippen molar-refractivity contribution in [2.24, 2.45) is 5.92 Å². The normalized spacial score (nSPS) is 12.4. The molecular weight excluding hydrogens is 260 g/mol. The molecule has 0 saturated heterocycles. The van der Waals surface area contributed by atoms with Crippen LogP contribution in [0, 0.1) is 12.8 Å². The molecule has 0 aliphatic heterocycles. The maximum atomic E-state index is 6.19. The van der Waals surface area contributed by atoms with E-state index in [-0.39, 0.29) is 6.10 Å². The summed E-state index contributed by atoms with van der Waals surface area (Å²) >= 11 is 0. The maximum Gasteiger partial charge on any atom is 0.141 e. The highest BCUT2D eigenvalue weighted by molar-refractivity contribution is 5.27. The Morgan fingerprint density at radius 1 is 1.05 bits per heavy atom. The van der Waals surface area contributed by atoms with Crippen molar-refractivity contribution >= 4 is 0 Å². The molecule has 0 fully saturated rings. The Balaban J connectivity index is 2.10. The van der Waals surface area contributed by atoms with Gasteiger partial charge in [-0.15, -0.1) is 0 Å². The molecule has 0 aliphatic carbocycles. The highest BCUT2D eigenvalue weighted by Gasteiger charge is 2.14. The van der Waals surface area contributed by atoms with Crippen molar-refractivity contribution in [3.05, 3.63) is 59.9 Å². The van der Waals surface area contributed by atoms with Crippen molar-refractivity contribution in [2.45, 2.75) is 26.9 Å². The summed E-state index contributed by atoms with van der Waals surface area (Å²) in [6.45, 7) is 8.15. The fourth-order valence-electron chi connectivity index (χ4n) is 2.15. The highest BCUT2D eigenvalue weighted by Crippen LogP contribution is 2.23. The number of hydrogen-bond donors (Lipinski definition) is 1. The van der Waals surface area contributed by atoms with Crippen LogP contribution < -0.4 is 10.1 Å². The van der Waals surface area contributed by atoms with E-state index < -0.39 is 0 Å². The van der Waals surface area contributed by atoms with Crippen molar-refractivity contribution in [1.29, 1.82) is 0 Å². The van der Waals surface area contributed by atoms with Crippen LogP contribution in [0.15, 0.2) is 48.7 Å². The van der Waals surface area contributed by atoms with Gasteiger partial charge in [0.05, 0.1) is 5.69 Å². The summed E-state index contributed by atoms with van der Waals surface area (Å²) in [5.41, 5.74) is 2.10. The van der Waals surface area contributed by atoms with Gasteiger partial charge in [-0.1, -0.05) is 44.2 Å². The quantitative estimate of drug-likeness (QED) is 0.840. The predicted octanol–water partition coefficient (Wildman–Crippen LogP) is 3.76. The van der Waals surface area contributed by atoms with E-state index in [9.17, 15) is 0 Å². The zero-order chi connectivity index (χ0) is 15.1. The molecule has 1 aromatic carbocycles. The third-order valence-electron chi connectivity index (χ3n) is 3.28. The number of hydrogen-bond acceptors (Lipinski definition) is 3. The van der Waals surface area contributed by atoms with Gasteiger partial charge < -0.3 is 10.1 Å². The summed E-state index contributed by atoms with van der Waals surface area (Å²) < 4.78 is 6.19. The van der Waals surface area contributed by atoms with Crippen LogP contribution in [0.1, 0.15) is 31.2 Å². The number of ether oxygens (including phenoxy) is 1. The van der Waals surface area contributed by atoms with Crippen molar-refractivity contribution in [3.63, 3.8) is 0 Å². The highest BCUT2D eigenvalue weighted by atomic mass is 16.5. The first-order valence-electron chi connectivity index (χ1n) is 7.50. The molecule has 0 spiro atoms. The second-order valence-corrected chi connectivity index (χ2v) is 5.66. The van der Waals surface area contributed by atoms with Crippen molar-refractivity contribution in [2.75, 3.05) is 13.1 Å². The van der Waals surface area contributed by atoms with Gasteiger partial charge in [-0.05, 0) is 37.1 Å². The molecule has 2 aromatic rings. The zero-order valence-electron chi connectivity index (χ0n) is 13.0. The molecule has 1 N–H and O–H groups in total. The van der Waals surface area contributed by atoms with Gasteiger partial charge >= 0.3 is 0 Å². The molecule has 0 saturated carbocycles. The lowest BCUT2D eigenvalue weighted by Crippen LogP contribution is -2.28. The minimum Gasteiger partial charge on any atom is -0.482 e. The van der Waals surface area contributed by atoms with E-state index in [2.05, 4.69) is 36.3 Å². The lowest BCUT2D eigenvalue weighted by molar-refractivity contribution is 0.198. The summed E-state index contributed by atoms with van der Waals surface area (Å²) in [6.07, 6.45) is 1.78. The smallest absolute Gasteiger partial charge is 0.141 e.